The van der Waals surface area contributed by atoms with E-state index in [0.29, 0.717) is 6.04 Å². The number of anilines is 1. The summed E-state index contributed by atoms with van der Waals surface area (Å²) in [6.45, 7) is 4.19. The van der Waals surface area contributed by atoms with E-state index in [4.69, 9.17) is 5.73 Å². The van der Waals surface area contributed by atoms with Gasteiger partial charge in [-0.2, -0.15) is 0 Å². The fraction of sp³-hybridized carbons (Fsp3) is 0.455. The van der Waals surface area contributed by atoms with Crippen LogP contribution >= 0.6 is 15.9 Å². The topological polar surface area (TPSA) is 29.3 Å². The number of nitrogens with zero attached hydrogens (tertiary/aromatic N) is 1. The lowest BCUT2D eigenvalue weighted by molar-refractivity contribution is 0.752. The molecule has 0 amide bonds. The average Bonchev–Trinajstić information content (AvgIpc) is 2.57. The van der Waals surface area contributed by atoms with Gasteiger partial charge < -0.3 is 10.6 Å². The number of aryl methyl sites for hydroxylation is 1. The summed E-state index contributed by atoms with van der Waals surface area (Å²) < 4.78 is 1.17. The average molecular weight is 255 g/mol. The van der Waals surface area contributed by atoms with E-state index in [1.165, 1.54) is 15.7 Å². The Morgan fingerprint density at radius 2 is 2.29 bits per heavy atom. The summed E-state index contributed by atoms with van der Waals surface area (Å²) in [5, 5.41) is 0. The smallest absolute Gasteiger partial charge is 0.0370 e. The van der Waals surface area contributed by atoms with Gasteiger partial charge in [0.15, 0.2) is 0 Å². The van der Waals surface area contributed by atoms with Crippen molar-refractivity contribution in [3.63, 3.8) is 0 Å². The molecule has 1 saturated heterocycles. The molecule has 1 aliphatic heterocycles. The molecule has 2 rings (SSSR count). The van der Waals surface area contributed by atoms with Crippen LogP contribution in [0, 0.1) is 6.92 Å². The molecule has 0 spiro atoms. The third kappa shape index (κ3) is 1.93. The standard InChI is InChI=1S/C11H15BrN2/c1-8-6-10(2-3-11(8)12)14-5-4-9(13)7-14/h2-3,6,9H,4-5,7,13H2,1H3. The molecule has 1 fully saturated rings. The fourth-order valence-corrected chi connectivity index (χ4v) is 2.09. The number of benzene rings is 1. The van der Waals surface area contributed by atoms with Gasteiger partial charge in [0.05, 0.1) is 0 Å². The van der Waals surface area contributed by atoms with Crippen LogP contribution in [0.1, 0.15) is 12.0 Å². The molecular formula is C11H15BrN2. The normalized spacial score (nSPS) is 21.6. The van der Waals surface area contributed by atoms with Gasteiger partial charge in [-0.25, -0.2) is 0 Å². The van der Waals surface area contributed by atoms with Gasteiger partial charge in [-0.1, -0.05) is 15.9 Å². The summed E-state index contributed by atoms with van der Waals surface area (Å²) in [4.78, 5) is 2.35. The van der Waals surface area contributed by atoms with Crippen molar-refractivity contribution in [2.24, 2.45) is 5.73 Å². The largest absolute Gasteiger partial charge is 0.370 e. The minimum Gasteiger partial charge on any atom is -0.370 e. The molecule has 14 heavy (non-hydrogen) atoms. The number of rotatable bonds is 1. The van der Waals surface area contributed by atoms with Crippen molar-refractivity contribution in [1.29, 1.82) is 0 Å². The lowest BCUT2D eigenvalue weighted by atomic mass is 10.2. The molecule has 0 bridgehead atoms. The summed E-state index contributed by atoms with van der Waals surface area (Å²) in [5.41, 5.74) is 8.45. The number of nitrogens with two attached hydrogens (primary N) is 1. The van der Waals surface area contributed by atoms with E-state index < -0.39 is 0 Å². The lowest BCUT2D eigenvalue weighted by Crippen LogP contribution is -2.26. The summed E-state index contributed by atoms with van der Waals surface area (Å²) in [7, 11) is 0. The Balaban J connectivity index is 2.20. The van der Waals surface area contributed by atoms with Crippen molar-refractivity contribution in [3.05, 3.63) is 28.2 Å². The molecule has 0 aliphatic carbocycles. The Morgan fingerprint density at radius 3 is 2.86 bits per heavy atom. The van der Waals surface area contributed by atoms with Gasteiger partial charge in [0, 0.05) is 29.3 Å². The van der Waals surface area contributed by atoms with Crippen molar-refractivity contribution >= 4 is 21.6 Å². The van der Waals surface area contributed by atoms with E-state index in [0.717, 1.165) is 19.5 Å². The fourth-order valence-electron chi connectivity index (χ4n) is 1.85. The third-order valence-electron chi connectivity index (χ3n) is 2.73. The van der Waals surface area contributed by atoms with Crippen LogP contribution < -0.4 is 10.6 Å². The number of hydrogen-bond acceptors (Lipinski definition) is 2. The zero-order valence-electron chi connectivity index (χ0n) is 8.33. The minimum atomic E-state index is 0.346. The maximum Gasteiger partial charge on any atom is 0.0370 e. The first-order valence-electron chi connectivity index (χ1n) is 4.93. The SMILES string of the molecule is Cc1cc(N2CCC(N)C2)ccc1Br. The first-order valence-corrected chi connectivity index (χ1v) is 5.73. The second kappa shape index (κ2) is 3.91. The maximum atomic E-state index is 5.88. The molecular weight excluding hydrogens is 240 g/mol. The second-order valence-corrected chi connectivity index (χ2v) is 4.78. The highest BCUT2D eigenvalue weighted by atomic mass is 79.9. The predicted octanol–water partition coefficient (Wildman–Crippen LogP) is 2.29. The molecule has 2 nitrogen and oxygen atoms in total. The molecule has 1 heterocycles. The summed E-state index contributed by atoms with van der Waals surface area (Å²) in [6.07, 6.45) is 1.11. The van der Waals surface area contributed by atoms with Crippen molar-refractivity contribution in [2.45, 2.75) is 19.4 Å². The van der Waals surface area contributed by atoms with Gasteiger partial charge in [0.2, 0.25) is 0 Å². The van der Waals surface area contributed by atoms with Crippen LogP contribution in [-0.4, -0.2) is 19.1 Å². The van der Waals surface area contributed by atoms with Crippen molar-refractivity contribution in [2.75, 3.05) is 18.0 Å². The lowest BCUT2D eigenvalue weighted by Gasteiger charge is -2.18. The monoisotopic (exact) mass is 254 g/mol. The number of halogens is 1. The van der Waals surface area contributed by atoms with Crippen LogP contribution in [0.2, 0.25) is 0 Å². The molecule has 3 heteroatoms. The zero-order chi connectivity index (χ0) is 10.1. The quantitative estimate of drug-likeness (QED) is 0.834. The Labute approximate surface area is 93.2 Å². The van der Waals surface area contributed by atoms with E-state index in [1.807, 2.05) is 0 Å². The Morgan fingerprint density at radius 1 is 1.50 bits per heavy atom. The first-order chi connectivity index (χ1) is 6.66. The molecule has 0 radical (unpaired) electrons. The molecule has 1 aromatic carbocycles. The Hall–Kier alpha value is -0.540. The molecule has 76 valence electrons. The maximum absolute atomic E-state index is 5.88. The minimum absolute atomic E-state index is 0.346. The van der Waals surface area contributed by atoms with Crippen LogP contribution in [0.3, 0.4) is 0 Å². The molecule has 1 atom stereocenters. The van der Waals surface area contributed by atoms with Crippen molar-refractivity contribution in [1.82, 2.24) is 0 Å². The highest BCUT2D eigenvalue weighted by Gasteiger charge is 2.19. The highest BCUT2D eigenvalue weighted by molar-refractivity contribution is 9.10. The van der Waals surface area contributed by atoms with Crippen molar-refractivity contribution in [3.8, 4) is 0 Å². The first kappa shape index (κ1) is 9.99. The van der Waals surface area contributed by atoms with E-state index in [1.54, 1.807) is 0 Å². The predicted molar refractivity (Wildman–Crippen MR) is 63.7 cm³/mol. The van der Waals surface area contributed by atoms with E-state index in [2.05, 4.69) is 46.0 Å². The van der Waals surface area contributed by atoms with Gasteiger partial charge in [-0.15, -0.1) is 0 Å². The Kier molecular flexibility index (Phi) is 2.79. The third-order valence-corrected chi connectivity index (χ3v) is 3.62. The van der Waals surface area contributed by atoms with Gasteiger partial charge >= 0.3 is 0 Å². The molecule has 2 N–H and O–H groups in total. The van der Waals surface area contributed by atoms with Crippen LogP contribution in [0.15, 0.2) is 22.7 Å². The van der Waals surface area contributed by atoms with Crippen LogP contribution in [0.4, 0.5) is 5.69 Å². The van der Waals surface area contributed by atoms with Crippen LogP contribution in [0.25, 0.3) is 0 Å². The second-order valence-electron chi connectivity index (χ2n) is 3.93. The number of hydrogen-bond donors (Lipinski definition) is 1. The summed E-state index contributed by atoms with van der Waals surface area (Å²) in [5.74, 6) is 0. The highest BCUT2D eigenvalue weighted by Crippen LogP contribution is 2.25. The van der Waals surface area contributed by atoms with Gasteiger partial charge in [0.25, 0.3) is 0 Å². The van der Waals surface area contributed by atoms with E-state index in [-0.39, 0.29) is 0 Å². The zero-order valence-corrected chi connectivity index (χ0v) is 9.92. The molecule has 1 aliphatic rings. The molecule has 0 aromatic heterocycles. The van der Waals surface area contributed by atoms with E-state index in [9.17, 15) is 0 Å². The van der Waals surface area contributed by atoms with Gasteiger partial charge in [-0.3, -0.25) is 0 Å². The van der Waals surface area contributed by atoms with Gasteiger partial charge in [0.1, 0.15) is 0 Å². The summed E-state index contributed by atoms with van der Waals surface area (Å²) >= 11 is 3.51. The van der Waals surface area contributed by atoms with E-state index >= 15 is 0 Å². The molecule has 1 unspecified atom stereocenters. The van der Waals surface area contributed by atoms with Gasteiger partial charge in [-0.05, 0) is 37.1 Å². The van der Waals surface area contributed by atoms with Crippen LogP contribution in [0.5, 0.6) is 0 Å². The Bertz CT molecular complexity index is 338. The molecule has 1 aromatic rings. The van der Waals surface area contributed by atoms with Crippen LogP contribution in [-0.2, 0) is 0 Å². The molecule has 0 saturated carbocycles. The summed E-state index contributed by atoms with van der Waals surface area (Å²) in [6, 6.07) is 6.81. The van der Waals surface area contributed by atoms with Crippen molar-refractivity contribution < 1.29 is 0 Å².